The van der Waals surface area contributed by atoms with E-state index in [1.54, 1.807) is 6.07 Å². The standard InChI is InChI=1S/C17H20N4O5/c18-8-9-19-16(22)14-6-1-2-7-15(14)20-17(23)26-11-12-4-3-5-13(10-12)21(24)25/h3-5,10,14-15H,1-2,6-7,9,11H2,(H,19,22)(H,20,23). The molecule has 138 valence electrons. The molecule has 0 aliphatic heterocycles. The summed E-state index contributed by atoms with van der Waals surface area (Å²) < 4.78 is 5.12. The van der Waals surface area contributed by atoms with Crippen LogP contribution in [0.5, 0.6) is 0 Å². The van der Waals surface area contributed by atoms with Gasteiger partial charge in [-0.05, 0) is 18.4 Å². The molecule has 0 bridgehead atoms. The maximum Gasteiger partial charge on any atom is 0.407 e. The van der Waals surface area contributed by atoms with Crippen LogP contribution in [0.3, 0.4) is 0 Å². The summed E-state index contributed by atoms with van der Waals surface area (Å²) in [4.78, 5) is 34.4. The van der Waals surface area contributed by atoms with Crippen molar-refractivity contribution in [2.45, 2.75) is 38.3 Å². The predicted molar refractivity (Wildman–Crippen MR) is 90.8 cm³/mol. The normalized spacial score (nSPS) is 19.0. The summed E-state index contributed by atoms with van der Waals surface area (Å²) in [7, 11) is 0. The van der Waals surface area contributed by atoms with Crippen LogP contribution in [0, 0.1) is 27.4 Å². The van der Waals surface area contributed by atoms with Crippen molar-refractivity contribution in [3.05, 3.63) is 39.9 Å². The second kappa shape index (κ2) is 9.36. The number of nitro groups is 1. The van der Waals surface area contributed by atoms with Crippen molar-refractivity contribution >= 4 is 17.7 Å². The fourth-order valence-corrected chi connectivity index (χ4v) is 2.98. The average molecular weight is 360 g/mol. The summed E-state index contributed by atoms with van der Waals surface area (Å²) in [6.07, 6.45) is 2.37. The second-order valence-electron chi connectivity index (χ2n) is 6.02. The molecule has 1 fully saturated rings. The number of nitriles is 1. The monoisotopic (exact) mass is 360 g/mol. The Kier molecular flexibility index (Phi) is 6.91. The zero-order chi connectivity index (χ0) is 18.9. The van der Waals surface area contributed by atoms with E-state index < -0.39 is 16.9 Å². The van der Waals surface area contributed by atoms with Crippen LogP contribution < -0.4 is 10.6 Å². The number of hydrogen-bond donors (Lipinski definition) is 2. The van der Waals surface area contributed by atoms with Crippen molar-refractivity contribution in [1.29, 1.82) is 5.26 Å². The molecule has 0 heterocycles. The summed E-state index contributed by atoms with van der Waals surface area (Å²) in [5.74, 6) is -0.655. The van der Waals surface area contributed by atoms with E-state index >= 15 is 0 Å². The lowest BCUT2D eigenvalue weighted by Gasteiger charge is -2.30. The van der Waals surface area contributed by atoms with E-state index in [9.17, 15) is 19.7 Å². The van der Waals surface area contributed by atoms with E-state index in [0.717, 1.165) is 12.8 Å². The SMILES string of the molecule is N#CCNC(=O)C1CCCCC1NC(=O)OCc1cccc([N+](=O)[O-])c1. The molecule has 0 radical (unpaired) electrons. The van der Waals surface area contributed by atoms with E-state index in [1.165, 1.54) is 18.2 Å². The van der Waals surface area contributed by atoms with E-state index in [2.05, 4.69) is 10.6 Å². The number of benzene rings is 1. The van der Waals surface area contributed by atoms with Crippen LogP contribution >= 0.6 is 0 Å². The highest BCUT2D eigenvalue weighted by Gasteiger charge is 2.32. The first-order valence-electron chi connectivity index (χ1n) is 8.32. The Morgan fingerprint density at radius 1 is 1.35 bits per heavy atom. The summed E-state index contributed by atoms with van der Waals surface area (Å²) >= 11 is 0. The Hall–Kier alpha value is -3.15. The van der Waals surface area contributed by atoms with E-state index in [0.29, 0.717) is 18.4 Å². The number of carbonyl (C=O) groups excluding carboxylic acids is 2. The van der Waals surface area contributed by atoms with E-state index in [-0.39, 0.29) is 30.8 Å². The number of ether oxygens (including phenoxy) is 1. The van der Waals surface area contributed by atoms with Gasteiger partial charge in [-0.3, -0.25) is 14.9 Å². The maximum absolute atomic E-state index is 12.1. The Morgan fingerprint density at radius 3 is 2.85 bits per heavy atom. The Morgan fingerprint density at radius 2 is 2.12 bits per heavy atom. The van der Waals surface area contributed by atoms with Gasteiger partial charge in [0.1, 0.15) is 13.2 Å². The molecule has 1 aromatic rings. The van der Waals surface area contributed by atoms with Gasteiger partial charge in [0.2, 0.25) is 5.91 Å². The van der Waals surface area contributed by atoms with Crippen molar-refractivity contribution in [3.63, 3.8) is 0 Å². The van der Waals surface area contributed by atoms with Crippen LogP contribution in [0.15, 0.2) is 24.3 Å². The van der Waals surface area contributed by atoms with Gasteiger partial charge in [-0.2, -0.15) is 5.26 Å². The third-order valence-electron chi connectivity index (χ3n) is 4.24. The van der Waals surface area contributed by atoms with Gasteiger partial charge in [0.15, 0.2) is 0 Å². The van der Waals surface area contributed by atoms with Gasteiger partial charge in [0.25, 0.3) is 5.69 Å². The van der Waals surface area contributed by atoms with Gasteiger partial charge < -0.3 is 15.4 Å². The lowest BCUT2D eigenvalue weighted by Crippen LogP contribution is -2.48. The van der Waals surface area contributed by atoms with Crippen LogP contribution in [0.1, 0.15) is 31.2 Å². The number of carbonyl (C=O) groups is 2. The molecule has 26 heavy (non-hydrogen) atoms. The zero-order valence-electron chi connectivity index (χ0n) is 14.1. The summed E-state index contributed by atoms with van der Waals surface area (Å²) in [6.45, 7) is -0.176. The number of rotatable bonds is 6. The molecule has 0 saturated heterocycles. The number of nitro benzene ring substituents is 1. The van der Waals surface area contributed by atoms with Gasteiger partial charge in [-0.1, -0.05) is 25.0 Å². The first kappa shape index (κ1) is 19.2. The molecule has 0 aromatic heterocycles. The average Bonchev–Trinajstić information content (AvgIpc) is 2.65. The maximum atomic E-state index is 12.1. The minimum absolute atomic E-state index is 0.0702. The molecule has 9 heteroatoms. The Bertz CT molecular complexity index is 715. The lowest BCUT2D eigenvalue weighted by molar-refractivity contribution is -0.384. The molecule has 1 aromatic carbocycles. The molecule has 2 N–H and O–H groups in total. The highest BCUT2D eigenvalue weighted by atomic mass is 16.6. The molecule has 1 aliphatic carbocycles. The molecule has 2 rings (SSSR count). The number of alkyl carbamates (subject to hydrolysis) is 1. The van der Waals surface area contributed by atoms with Crippen LogP contribution in [0.4, 0.5) is 10.5 Å². The number of nitrogens with zero attached hydrogens (tertiary/aromatic N) is 2. The number of nitrogens with one attached hydrogen (secondary N) is 2. The smallest absolute Gasteiger partial charge is 0.407 e. The molecule has 2 atom stereocenters. The minimum Gasteiger partial charge on any atom is -0.445 e. The number of amides is 2. The first-order valence-corrected chi connectivity index (χ1v) is 8.32. The van der Waals surface area contributed by atoms with Crippen LogP contribution in [0.2, 0.25) is 0 Å². The van der Waals surface area contributed by atoms with Crippen molar-refractivity contribution in [1.82, 2.24) is 10.6 Å². The summed E-state index contributed by atoms with van der Waals surface area (Å²) in [5, 5.41) is 24.5. The largest absolute Gasteiger partial charge is 0.445 e. The van der Waals surface area contributed by atoms with Gasteiger partial charge in [-0.25, -0.2) is 4.79 Å². The van der Waals surface area contributed by atoms with Gasteiger partial charge in [0, 0.05) is 18.2 Å². The molecule has 2 amide bonds. The van der Waals surface area contributed by atoms with Crippen LogP contribution in [-0.2, 0) is 16.1 Å². The first-order chi connectivity index (χ1) is 12.5. The third kappa shape index (κ3) is 5.44. The second-order valence-corrected chi connectivity index (χ2v) is 6.02. The highest BCUT2D eigenvalue weighted by molar-refractivity contribution is 5.80. The summed E-state index contributed by atoms with van der Waals surface area (Å²) in [6, 6.07) is 7.33. The predicted octanol–water partition coefficient (Wildman–Crippen LogP) is 2.02. The van der Waals surface area contributed by atoms with Gasteiger partial charge in [0.05, 0.1) is 16.9 Å². The van der Waals surface area contributed by atoms with E-state index in [1.807, 2.05) is 6.07 Å². The lowest BCUT2D eigenvalue weighted by atomic mass is 9.84. The molecular formula is C17H20N4O5. The number of non-ortho nitro benzene ring substituents is 1. The van der Waals surface area contributed by atoms with Crippen molar-refractivity contribution < 1.29 is 19.2 Å². The summed E-state index contributed by atoms with van der Waals surface area (Å²) in [5.41, 5.74) is 0.425. The molecule has 9 nitrogen and oxygen atoms in total. The Balaban J connectivity index is 1.89. The topological polar surface area (TPSA) is 134 Å². The van der Waals surface area contributed by atoms with Crippen LogP contribution in [-0.4, -0.2) is 29.5 Å². The third-order valence-corrected chi connectivity index (χ3v) is 4.24. The van der Waals surface area contributed by atoms with Gasteiger partial charge in [-0.15, -0.1) is 0 Å². The molecular weight excluding hydrogens is 340 g/mol. The quantitative estimate of drug-likeness (QED) is 0.453. The minimum atomic E-state index is -0.679. The molecule has 2 unspecified atom stereocenters. The zero-order valence-corrected chi connectivity index (χ0v) is 14.1. The van der Waals surface area contributed by atoms with Gasteiger partial charge >= 0.3 is 6.09 Å². The van der Waals surface area contributed by atoms with Crippen molar-refractivity contribution in [3.8, 4) is 6.07 Å². The van der Waals surface area contributed by atoms with Crippen LogP contribution in [0.25, 0.3) is 0 Å². The molecule has 0 spiro atoms. The molecule has 1 aliphatic rings. The number of hydrogen-bond acceptors (Lipinski definition) is 6. The highest BCUT2D eigenvalue weighted by Crippen LogP contribution is 2.25. The molecule has 1 saturated carbocycles. The van der Waals surface area contributed by atoms with Crippen molar-refractivity contribution in [2.24, 2.45) is 5.92 Å². The Labute approximate surface area is 150 Å². The fraction of sp³-hybridized carbons (Fsp3) is 0.471. The van der Waals surface area contributed by atoms with E-state index in [4.69, 9.17) is 10.00 Å². The van der Waals surface area contributed by atoms with Crippen molar-refractivity contribution in [2.75, 3.05) is 6.54 Å². The fourth-order valence-electron chi connectivity index (χ4n) is 2.98.